The molecule has 0 bridgehead atoms. The van der Waals surface area contributed by atoms with Crippen LogP contribution in [0.5, 0.6) is 0 Å². The van der Waals surface area contributed by atoms with Crippen molar-refractivity contribution in [2.45, 2.75) is 38.6 Å². The van der Waals surface area contributed by atoms with Gasteiger partial charge in [0, 0.05) is 49.9 Å². The van der Waals surface area contributed by atoms with Gasteiger partial charge >= 0.3 is 0 Å². The summed E-state index contributed by atoms with van der Waals surface area (Å²) in [5, 5.41) is 11.8. The minimum Gasteiger partial charge on any atom is -0.445 e. The Kier molecular flexibility index (Phi) is 7.56. The first-order valence-corrected chi connectivity index (χ1v) is 14.5. The predicted molar refractivity (Wildman–Crippen MR) is 154 cm³/mol. The minimum atomic E-state index is -0.385. The number of nitrogens with one attached hydrogen (secondary N) is 2. The number of morpholine rings is 1. The van der Waals surface area contributed by atoms with Crippen LogP contribution in [0.2, 0.25) is 0 Å². The third kappa shape index (κ3) is 5.35. The number of carbonyl (C=O) groups is 1. The lowest BCUT2D eigenvalue weighted by Gasteiger charge is -2.26. The molecule has 0 spiro atoms. The highest BCUT2D eigenvalue weighted by Gasteiger charge is 2.41. The van der Waals surface area contributed by atoms with Crippen molar-refractivity contribution in [2.75, 3.05) is 45.2 Å². The van der Waals surface area contributed by atoms with Gasteiger partial charge in [0.2, 0.25) is 17.7 Å². The van der Waals surface area contributed by atoms with Crippen LogP contribution >= 0.6 is 15.9 Å². The molecule has 40 heavy (non-hydrogen) atoms. The summed E-state index contributed by atoms with van der Waals surface area (Å²) in [6, 6.07) is 6.30. The van der Waals surface area contributed by atoms with Crippen molar-refractivity contribution in [3.05, 3.63) is 47.0 Å². The van der Waals surface area contributed by atoms with E-state index in [0.717, 1.165) is 80.7 Å². The quantitative estimate of drug-likeness (QED) is 0.307. The van der Waals surface area contributed by atoms with Crippen LogP contribution in [0.15, 0.2) is 45.9 Å². The van der Waals surface area contributed by atoms with E-state index in [1.54, 1.807) is 25.7 Å². The van der Waals surface area contributed by atoms with Gasteiger partial charge < -0.3 is 19.8 Å². The summed E-state index contributed by atoms with van der Waals surface area (Å²) in [5.41, 5.74) is 3.29. The first kappa shape index (κ1) is 26.9. The van der Waals surface area contributed by atoms with Crippen LogP contribution in [-0.4, -0.2) is 81.5 Å². The molecule has 0 unspecified atom stereocenters. The van der Waals surface area contributed by atoms with Crippen LogP contribution in [0.4, 0.5) is 5.95 Å². The van der Waals surface area contributed by atoms with Crippen LogP contribution in [0, 0.1) is 5.41 Å². The second-order valence-electron chi connectivity index (χ2n) is 10.7. The van der Waals surface area contributed by atoms with Crippen LogP contribution in [0.1, 0.15) is 31.7 Å². The number of rotatable bonds is 8. The van der Waals surface area contributed by atoms with E-state index in [-0.39, 0.29) is 17.4 Å². The average molecular weight is 610 g/mol. The van der Waals surface area contributed by atoms with Gasteiger partial charge in [0.1, 0.15) is 10.9 Å². The number of amides is 1. The van der Waals surface area contributed by atoms with Crippen LogP contribution in [0.3, 0.4) is 0 Å². The van der Waals surface area contributed by atoms with E-state index in [4.69, 9.17) is 19.2 Å². The van der Waals surface area contributed by atoms with Gasteiger partial charge in [-0.25, -0.2) is 14.6 Å². The van der Waals surface area contributed by atoms with E-state index in [1.165, 1.54) is 0 Å². The summed E-state index contributed by atoms with van der Waals surface area (Å²) in [7, 11) is 1.69. The number of hydrogen-bond acceptors (Lipinski definition) is 9. The molecule has 11 nitrogen and oxygen atoms in total. The number of nitrogens with zero attached hydrogens (tertiary/aromatic N) is 6. The summed E-state index contributed by atoms with van der Waals surface area (Å²) in [5.74, 6) is 1.20. The molecule has 1 aromatic carbocycles. The summed E-state index contributed by atoms with van der Waals surface area (Å²) in [6.07, 6.45) is 8.31. The first-order chi connectivity index (χ1) is 19.4. The Hall–Kier alpha value is -3.35. The van der Waals surface area contributed by atoms with Crippen molar-refractivity contribution in [3.8, 4) is 17.1 Å². The molecule has 210 valence electrons. The number of anilines is 1. The smallest absolute Gasteiger partial charge is 0.226 e. The number of benzene rings is 1. The van der Waals surface area contributed by atoms with Crippen LogP contribution in [-0.2, 0) is 16.0 Å². The SMILES string of the molecule is CNC(=O)[C@]1(C)CC[C@@H](Nc2ncc3c(Br)nn(-c4ccc(-c5ncco5)c(CCN5CCOCC5)c4)c3n2)C1. The molecule has 6 rings (SSSR count). The minimum absolute atomic E-state index is 0.0767. The molecule has 12 heteroatoms. The molecule has 2 N–H and O–H groups in total. The molecule has 1 aliphatic heterocycles. The van der Waals surface area contributed by atoms with Crippen molar-refractivity contribution in [1.82, 2.24) is 34.9 Å². The van der Waals surface area contributed by atoms with E-state index < -0.39 is 0 Å². The van der Waals surface area contributed by atoms with E-state index in [2.05, 4.69) is 47.5 Å². The maximum absolute atomic E-state index is 12.4. The molecule has 1 saturated carbocycles. The monoisotopic (exact) mass is 608 g/mol. The van der Waals surface area contributed by atoms with Gasteiger partial charge in [0.15, 0.2) is 5.65 Å². The van der Waals surface area contributed by atoms with E-state index >= 15 is 0 Å². The molecule has 2 atom stereocenters. The Bertz CT molecular complexity index is 1500. The Morgan fingerprint density at radius 2 is 2.10 bits per heavy atom. The van der Waals surface area contributed by atoms with Gasteiger partial charge in [-0.1, -0.05) is 6.92 Å². The Balaban J connectivity index is 1.30. The zero-order valence-corrected chi connectivity index (χ0v) is 24.3. The molecule has 1 saturated heterocycles. The van der Waals surface area contributed by atoms with Crippen molar-refractivity contribution in [2.24, 2.45) is 5.41 Å². The fourth-order valence-electron chi connectivity index (χ4n) is 5.76. The predicted octanol–water partition coefficient (Wildman–Crippen LogP) is 3.82. The largest absolute Gasteiger partial charge is 0.445 e. The zero-order valence-electron chi connectivity index (χ0n) is 22.7. The van der Waals surface area contributed by atoms with Gasteiger partial charge in [-0.15, -0.1) is 0 Å². The number of ether oxygens (including phenoxy) is 1. The number of hydrogen-bond donors (Lipinski definition) is 2. The molecule has 1 amide bonds. The summed E-state index contributed by atoms with van der Waals surface area (Å²) in [6.45, 7) is 6.32. The Morgan fingerprint density at radius 1 is 1.25 bits per heavy atom. The van der Waals surface area contributed by atoms with Crippen molar-refractivity contribution < 1.29 is 13.9 Å². The maximum atomic E-state index is 12.4. The van der Waals surface area contributed by atoms with Gasteiger partial charge in [0.05, 0.1) is 30.5 Å². The van der Waals surface area contributed by atoms with Crippen LogP contribution < -0.4 is 10.6 Å². The standard InChI is InChI=1S/C28H33BrN8O3/c1-28(26(38)30-2)7-5-19(16-28)33-27-32-17-22-23(29)35-37(24(22)34-27)20-3-4-21(25-31-8-12-40-25)18(15-20)6-9-36-10-13-39-14-11-36/h3-4,8,12,15,17,19H,5-7,9-11,13-14,16H2,1-2H3,(H,30,38)(H,32,33,34)/t19-,28-/m1/s1. The van der Waals surface area contributed by atoms with Crippen molar-refractivity contribution in [3.63, 3.8) is 0 Å². The lowest BCUT2D eigenvalue weighted by Crippen LogP contribution is -2.37. The van der Waals surface area contributed by atoms with Crippen LogP contribution in [0.25, 0.3) is 28.2 Å². The first-order valence-electron chi connectivity index (χ1n) is 13.7. The summed E-state index contributed by atoms with van der Waals surface area (Å²) in [4.78, 5) is 28.6. The Morgan fingerprint density at radius 3 is 2.88 bits per heavy atom. The van der Waals surface area contributed by atoms with E-state index in [0.29, 0.717) is 22.1 Å². The molecule has 4 heterocycles. The normalized spacial score (nSPS) is 21.6. The van der Waals surface area contributed by atoms with Crippen molar-refractivity contribution in [1.29, 1.82) is 0 Å². The molecule has 2 fully saturated rings. The fourth-order valence-corrected chi connectivity index (χ4v) is 6.20. The highest BCUT2D eigenvalue weighted by Crippen LogP contribution is 2.39. The topological polar surface area (TPSA) is 123 Å². The molecule has 0 radical (unpaired) electrons. The van der Waals surface area contributed by atoms with Gasteiger partial charge in [-0.3, -0.25) is 9.69 Å². The highest BCUT2D eigenvalue weighted by molar-refractivity contribution is 9.10. The maximum Gasteiger partial charge on any atom is 0.226 e. The van der Waals surface area contributed by atoms with E-state index in [1.807, 2.05) is 23.7 Å². The summed E-state index contributed by atoms with van der Waals surface area (Å²) >= 11 is 3.59. The zero-order chi connectivity index (χ0) is 27.7. The van der Waals surface area contributed by atoms with E-state index in [9.17, 15) is 4.79 Å². The number of halogens is 1. The second kappa shape index (κ2) is 11.3. The molecular formula is C28H33BrN8O3. The number of aromatic nitrogens is 5. The lowest BCUT2D eigenvalue weighted by molar-refractivity contribution is -0.129. The molecule has 4 aromatic rings. The average Bonchev–Trinajstić information content (AvgIpc) is 3.72. The number of oxazole rings is 1. The summed E-state index contributed by atoms with van der Waals surface area (Å²) < 4.78 is 13.7. The molecule has 2 aliphatic rings. The molecule has 3 aromatic heterocycles. The highest BCUT2D eigenvalue weighted by atomic mass is 79.9. The fraction of sp³-hybridized carbons (Fsp3) is 0.464. The molecule has 1 aliphatic carbocycles. The third-order valence-corrected chi connectivity index (χ3v) is 8.61. The van der Waals surface area contributed by atoms with Gasteiger partial charge in [-0.2, -0.15) is 10.1 Å². The van der Waals surface area contributed by atoms with Crippen molar-refractivity contribution >= 4 is 38.8 Å². The number of carbonyl (C=O) groups excluding carboxylic acids is 1. The third-order valence-electron chi connectivity index (χ3n) is 8.03. The lowest BCUT2D eigenvalue weighted by atomic mass is 9.87. The van der Waals surface area contributed by atoms with Gasteiger partial charge in [-0.05, 0) is 65.4 Å². The van der Waals surface area contributed by atoms with Gasteiger partial charge in [0.25, 0.3) is 0 Å². The number of fused-ring (bicyclic) bond motifs is 1. The molecular weight excluding hydrogens is 576 g/mol. The Labute approximate surface area is 240 Å². The second-order valence-corrected chi connectivity index (χ2v) is 11.5.